The molecule has 10 nitrogen and oxygen atoms in total. The molecule has 0 bridgehead atoms. The highest BCUT2D eigenvalue weighted by molar-refractivity contribution is 7.17. The van der Waals surface area contributed by atoms with Gasteiger partial charge in [0.25, 0.3) is 5.91 Å². The molecule has 3 N–H and O–H groups in total. The molecule has 0 atom stereocenters. The number of carbonyl (C=O) groups excluding carboxylic acids is 2. The van der Waals surface area contributed by atoms with Crippen LogP contribution in [-0.4, -0.2) is 55.8 Å². The van der Waals surface area contributed by atoms with Crippen LogP contribution in [-0.2, 0) is 11.3 Å². The van der Waals surface area contributed by atoms with Gasteiger partial charge in [-0.3, -0.25) is 19.4 Å². The number of benzene rings is 1. The van der Waals surface area contributed by atoms with Crippen molar-refractivity contribution in [2.45, 2.75) is 13.5 Å². The number of thiazole rings is 1. The van der Waals surface area contributed by atoms with Gasteiger partial charge in [-0.05, 0) is 18.6 Å². The van der Waals surface area contributed by atoms with E-state index in [0.29, 0.717) is 15.8 Å². The van der Waals surface area contributed by atoms with Crippen LogP contribution in [0.4, 0.5) is 16.6 Å². The molecular formula is C19H20N8O2S. The fourth-order valence-corrected chi connectivity index (χ4v) is 3.53. The first kappa shape index (κ1) is 19.6. The maximum Gasteiger partial charge on any atom is 0.267 e. The summed E-state index contributed by atoms with van der Waals surface area (Å²) in [7, 11) is 3.39. The Morgan fingerprint density at radius 3 is 2.87 bits per heavy atom. The molecule has 0 fully saturated rings. The predicted molar refractivity (Wildman–Crippen MR) is 115 cm³/mol. The zero-order valence-corrected chi connectivity index (χ0v) is 17.4. The Balaban J connectivity index is 1.44. The lowest BCUT2D eigenvalue weighted by Gasteiger charge is -2.09. The van der Waals surface area contributed by atoms with Crippen LogP contribution < -0.4 is 10.6 Å². The zero-order valence-electron chi connectivity index (χ0n) is 16.6. The van der Waals surface area contributed by atoms with Gasteiger partial charge < -0.3 is 15.5 Å². The minimum atomic E-state index is -0.251. The van der Waals surface area contributed by atoms with Crippen LogP contribution in [0.25, 0.3) is 10.9 Å². The Kier molecular flexibility index (Phi) is 5.19. The van der Waals surface area contributed by atoms with Gasteiger partial charge in [0.05, 0.1) is 23.6 Å². The molecule has 3 heterocycles. The summed E-state index contributed by atoms with van der Waals surface area (Å²) in [5, 5.41) is 18.6. The summed E-state index contributed by atoms with van der Waals surface area (Å²) in [6, 6.07) is 5.59. The Bertz CT molecular complexity index is 1220. The van der Waals surface area contributed by atoms with Crippen molar-refractivity contribution < 1.29 is 9.59 Å². The van der Waals surface area contributed by atoms with Gasteiger partial charge in [-0.25, -0.2) is 4.98 Å². The molecule has 0 unspecified atom stereocenters. The number of rotatable bonds is 6. The van der Waals surface area contributed by atoms with Crippen molar-refractivity contribution in [3.8, 4) is 0 Å². The summed E-state index contributed by atoms with van der Waals surface area (Å²) in [6.07, 6.45) is 4.91. The molecule has 154 valence electrons. The Hall–Kier alpha value is -3.73. The highest BCUT2D eigenvalue weighted by atomic mass is 32.1. The van der Waals surface area contributed by atoms with E-state index in [9.17, 15) is 9.59 Å². The van der Waals surface area contributed by atoms with E-state index >= 15 is 0 Å². The molecule has 0 aliphatic heterocycles. The molecule has 1 aromatic carbocycles. The fourth-order valence-electron chi connectivity index (χ4n) is 2.81. The third kappa shape index (κ3) is 4.01. The molecule has 0 aliphatic rings. The zero-order chi connectivity index (χ0) is 21.3. The van der Waals surface area contributed by atoms with E-state index in [4.69, 9.17) is 0 Å². The first-order valence-corrected chi connectivity index (χ1v) is 9.93. The lowest BCUT2D eigenvalue weighted by Crippen LogP contribution is -2.26. The molecule has 11 heteroatoms. The van der Waals surface area contributed by atoms with Crippen LogP contribution in [0.15, 0.2) is 36.8 Å². The monoisotopic (exact) mass is 424 g/mol. The molecule has 4 aromatic rings. The average molecular weight is 424 g/mol. The summed E-state index contributed by atoms with van der Waals surface area (Å²) in [4.78, 5) is 30.7. The number of hydrogen-bond acceptors (Lipinski definition) is 7. The molecule has 30 heavy (non-hydrogen) atoms. The Morgan fingerprint density at radius 1 is 1.23 bits per heavy atom. The van der Waals surface area contributed by atoms with E-state index in [1.54, 1.807) is 37.2 Å². The number of aromatic amines is 1. The van der Waals surface area contributed by atoms with Crippen LogP contribution in [0.2, 0.25) is 0 Å². The standard InChI is InChI=1S/C19H20N8O2S/c1-11-4-5-13-12(8-21-24-13)17(11)23-18(29)14-9-20-19(30-14)22-15-6-7-27(25-15)10-16(28)26(2)3/h4-9H,10H2,1-3H3,(H,21,24)(H,23,29)(H,20,22,25). The van der Waals surface area contributed by atoms with Crippen molar-refractivity contribution in [3.05, 3.63) is 47.2 Å². The van der Waals surface area contributed by atoms with Crippen molar-refractivity contribution in [1.82, 2.24) is 29.9 Å². The number of aryl methyl sites for hydroxylation is 1. The second-order valence-corrected chi connectivity index (χ2v) is 7.91. The largest absolute Gasteiger partial charge is 0.347 e. The summed E-state index contributed by atoms with van der Waals surface area (Å²) >= 11 is 1.21. The van der Waals surface area contributed by atoms with Gasteiger partial charge in [-0.15, -0.1) is 0 Å². The minimum Gasteiger partial charge on any atom is -0.347 e. The molecule has 3 aromatic heterocycles. The summed E-state index contributed by atoms with van der Waals surface area (Å²) < 4.78 is 1.54. The normalized spacial score (nSPS) is 10.9. The van der Waals surface area contributed by atoms with Crippen LogP contribution in [0.3, 0.4) is 0 Å². The fraction of sp³-hybridized carbons (Fsp3) is 0.211. The third-order valence-electron chi connectivity index (χ3n) is 4.47. The van der Waals surface area contributed by atoms with Crippen molar-refractivity contribution >= 4 is 50.7 Å². The van der Waals surface area contributed by atoms with E-state index in [1.165, 1.54) is 22.4 Å². The van der Waals surface area contributed by atoms with Gasteiger partial charge in [-0.2, -0.15) is 10.2 Å². The van der Waals surface area contributed by atoms with Gasteiger partial charge in [0.15, 0.2) is 10.9 Å². The number of likely N-dealkylation sites (N-methyl/N-ethyl adjacent to an activating group) is 1. The first-order valence-electron chi connectivity index (χ1n) is 9.11. The van der Waals surface area contributed by atoms with E-state index < -0.39 is 0 Å². The number of hydrogen-bond donors (Lipinski definition) is 3. The lowest BCUT2D eigenvalue weighted by molar-refractivity contribution is -0.129. The number of amides is 2. The number of nitrogens with one attached hydrogen (secondary N) is 3. The van der Waals surface area contributed by atoms with Gasteiger partial charge in [-0.1, -0.05) is 17.4 Å². The molecule has 0 saturated carbocycles. The lowest BCUT2D eigenvalue weighted by atomic mass is 10.1. The molecule has 2 amide bonds. The van der Waals surface area contributed by atoms with Crippen LogP contribution in [0, 0.1) is 6.92 Å². The average Bonchev–Trinajstić information content (AvgIpc) is 3.45. The van der Waals surface area contributed by atoms with Crippen molar-refractivity contribution in [1.29, 1.82) is 0 Å². The molecule has 0 aliphatic carbocycles. The number of aromatic nitrogens is 5. The quantitative estimate of drug-likeness (QED) is 0.438. The number of anilines is 3. The van der Waals surface area contributed by atoms with E-state index in [-0.39, 0.29) is 18.4 Å². The molecule has 0 spiro atoms. The second kappa shape index (κ2) is 7.95. The number of H-pyrrole nitrogens is 1. The molecule has 0 saturated heterocycles. The highest BCUT2D eigenvalue weighted by Gasteiger charge is 2.15. The smallest absolute Gasteiger partial charge is 0.267 e. The van der Waals surface area contributed by atoms with E-state index in [1.807, 2.05) is 19.1 Å². The number of nitrogens with zero attached hydrogens (tertiary/aromatic N) is 5. The van der Waals surface area contributed by atoms with Crippen LogP contribution >= 0.6 is 11.3 Å². The van der Waals surface area contributed by atoms with Crippen LogP contribution in [0.1, 0.15) is 15.2 Å². The van der Waals surface area contributed by atoms with Crippen LogP contribution in [0.5, 0.6) is 0 Å². The molecule has 4 rings (SSSR count). The maximum absolute atomic E-state index is 12.7. The van der Waals surface area contributed by atoms with Crippen molar-refractivity contribution in [2.24, 2.45) is 0 Å². The first-order chi connectivity index (χ1) is 14.4. The number of carbonyl (C=O) groups is 2. The minimum absolute atomic E-state index is 0.0548. The third-order valence-corrected chi connectivity index (χ3v) is 5.38. The van der Waals surface area contributed by atoms with Gasteiger partial charge in [0, 0.05) is 31.7 Å². The topological polar surface area (TPSA) is 121 Å². The Labute approximate surface area is 175 Å². The highest BCUT2D eigenvalue weighted by Crippen LogP contribution is 2.28. The van der Waals surface area contributed by atoms with Crippen molar-refractivity contribution in [2.75, 3.05) is 24.7 Å². The second-order valence-electron chi connectivity index (χ2n) is 6.88. The SMILES string of the molecule is Cc1ccc2[nH]ncc2c1NC(=O)c1cnc(Nc2ccn(CC(=O)N(C)C)n2)s1. The van der Waals surface area contributed by atoms with Crippen molar-refractivity contribution in [3.63, 3.8) is 0 Å². The Morgan fingerprint density at radius 2 is 2.07 bits per heavy atom. The van der Waals surface area contributed by atoms with Gasteiger partial charge >= 0.3 is 0 Å². The summed E-state index contributed by atoms with van der Waals surface area (Å²) in [5.41, 5.74) is 2.52. The molecular weight excluding hydrogens is 404 g/mol. The predicted octanol–water partition coefficient (Wildman–Crippen LogP) is 2.61. The van der Waals surface area contributed by atoms with E-state index in [0.717, 1.165) is 22.2 Å². The van der Waals surface area contributed by atoms with E-state index in [2.05, 4.69) is 30.9 Å². The number of fused-ring (bicyclic) bond motifs is 1. The summed E-state index contributed by atoms with van der Waals surface area (Å²) in [6.45, 7) is 2.08. The van der Waals surface area contributed by atoms with Gasteiger partial charge in [0.1, 0.15) is 11.4 Å². The summed E-state index contributed by atoms with van der Waals surface area (Å²) in [5.74, 6) is 0.238. The van der Waals surface area contributed by atoms with Gasteiger partial charge in [0.2, 0.25) is 5.91 Å². The molecule has 0 radical (unpaired) electrons. The maximum atomic E-state index is 12.7.